The first-order chi connectivity index (χ1) is 15.2. The van der Waals surface area contributed by atoms with Crippen LogP contribution in [0.2, 0.25) is 0 Å². The van der Waals surface area contributed by atoms with Crippen LogP contribution in [0.4, 0.5) is 10.5 Å². The van der Waals surface area contributed by atoms with Crippen LogP contribution in [0.5, 0.6) is 0 Å². The molecule has 3 N–H and O–H groups in total. The van der Waals surface area contributed by atoms with Crippen molar-refractivity contribution in [3.63, 3.8) is 0 Å². The highest BCUT2D eigenvalue weighted by atomic mass is 32.2. The molecule has 0 atom stereocenters. The summed E-state index contributed by atoms with van der Waals surface area (Å²) in [5.74, 6) is -1.66. The number of sulfonamides is 1. The summed E-state index contributed by atoms with van der Waals surface area (Å²) in [6.07, 6.45) is 3.81. The number of hydrogen-bond acceptors (Lipinski definition) is 6. The van der Waals surface area contributed by atoms with E-state index < -0.39 is 34.5 Å². The maximum absolute atomic E-state index is 12.6. The van der Waals surface area contributed by atoms with E-state index in [1.807, 2.05) is 13.0 Å². The number of hydrogen-bond donors (Lipinski definition) is 3. The van der Waals surface area contributed by atoms with Crippen LogP contribution in [-0.4, -0.2) is 39.0 Å². The molecular weight excluding hydrogens is 434 g/mol. The zero-order chi connectivity index (χ0) is 23.1. The van der Waals surface area contributed by atoms with Crippen LogP contribution >= 0.6 is 0 Å². The molecule has 170 valence electrons. The molecule has 32 heavy (non-hydrogen) atoms. The van der Waals surface area contributed by atoms with E-state index in [4.69, 9.17) is 4.74 Å². The zero-order valence-electron chi connectivity index (χ0n) is 17.6. The fraction of sp³-hybridized carbons (Fsp3) is 0.318. The number of urea groups is 1. The molecule has 3 amide bonds. The molecule has 0 spiro atoms. The molecule has 1 saturated carbocycles. The quantitative estimate of drug-likeness (QED) is 0.546. The van der Waals surface area contributed by atoms with Gasteiger partial charge in [-0.2, -0.15) is 0 Å². The summed E-state index contributed by atoms with van der Waals surface area (Å²) in [4.78, 5) is 35.8. The molecule has 0 heterocycles. The van der Waals surface area contributed by atoms with Crippen molar-refractivity contribution in [3.05, 3.63) is 59.7 Å². The van der Waals surface area contributed by atoms with Crippen molar-refractivity contribution >= 4 is 33.6 Å². The van der Waals surface area contributed by atoms with Crippen molar-refractivity contribution in [1.29, 1.82) is 0 Å². The zero-order valence-corrected chi connectivity index (χ0v) is 18.4. The summed E-state index contributed by atoms with van der Waals surface area (Å²) in [5, 5.41) is 4.80. The number of imide groups is 1. The highest BCUT2D eigenvalue weighted by Crippen LogP contribution is 2.19. The molecule has 0 bridgehead atoms. The van der Waals surface area contributed by atoms with E-state index in [0.29, 0.717) is 5.69 Å². The Balaban J connectivity index is 1.56. The predicted molar refractivity (Wildman–Crippen MR) is 118 cm³/mol. The van der Waals surface area contributed by atoms with Crippen molar-refractivity contribution in [3.8, 4) is 0 Å². The minimum Gasteiger partial charge on any atom is -0.452 e. The van der Waals surface area contributed by atoms with Crippen LogP contribution in [0.25, 0.3) is 0 Å². The number of carbonyl (C=O) groups excluding carboxylic acids is 3. The molecule has 0 radical (unpaired) electrons. The van der Waals surface area contributed by atoms with Crippen LogP contribution in [-0.2, 0) is 19.6 Å². The van der Waals surface area contributed by atoms with E-state index in [1.165, 1.54) is 18.2 Å². The molecule has 10 heteroatoms. The van der Waals surface area contributed by atoms with Gasteiger partial charge in [0, 0.05) is 11.7 Å². The lowest BCUT2D eigenvalue weighted by Crippen LogP contribution is -2.45. The monoisotopic (exact) mass is 459 g/mol. The first-order valence-corrected chi connectivity index (χ1v) is 11.7. The fourth-order valence-electron chi connectivity index (χ4n) is 3.38. The number of ether oxygens (including phenoxy) is 1. The molecular formula is C22H25N3O6S. The van der Waals surface area contributed by atoms with Crippen molar-refractivity contribution in [1.82, 2.24) is 10.6 Å². The SMILES string of the molecule is Cc1cccc(NS(=O)(=O)c2cccc(C(=O)OCC(=O)NC(=O)NC3CCCC3)c2)c1. The number of esters is 1. The Morgan fingerprint density at radius 1 is 1.03 bits per heavy atom. The summed E-state index contributed by atoms with van der Waals surface area (Å²) in [5.41, 5.74) is 1.24. The number of anilines is 1. The largest absolute Gasteiger partial charge is 0.452 e. The first kappa shape index (κ1) is 23.3. The van der Waals surface area contributed by atoms with Crippen molar-refractivity contribution < 1.29 is 27.5 Å². The number of rotatable bonds is 7. The average Bonchev–Trinajstić information content (AvgIpc) is 3.24. The Morgan fingerprint density at radius 3 is 2.47 bits per heavy atom. The Labute approximate surface area is 186 Å². The summed E-state index contributed by atoms with van der Waals surface area (Å²) >= 11 is 0. The summed E-state index contributed by atoms with van der Waals surface area (Å²) < 4.78 is 32.7. The molecule has 1 aliphatic rings. The molecule has 0 aromatic heterocycles. The third-order valence-corrected chi connectivity index (χ3v) is 6.31. The Kier molecular flexibility index (Phi) is 7.47. The topological polar surface area (TPSA) is 131 Å². The third kappa shape index (κ3) is 6.55. The minimum absolute atomic E-state index is 0.0414. The standard InChI is InChI=1S/C22H25N3O6S/c1-15-6-4-10-18(12-15)25-32(29,30)19-11-5-7-16(13-19)21(27)31-14-20(26)24-22(28)23-17-8-2-3-9-17/h4-7,10-13,17,25H,2-3,8-9,14H2,1H3,(H2,23,24,26,28). The molecule has 2 aromatic rings. The summed E-state index contributed by atoms with van der Waals surface area (Å²) in [7, 11) is -3.93. The van der Waals surface area contributed by atoms with Crippen LogP contribution < -0.4 is 15.4 Å². The highest BCUT2D eigenvalue weighted by Gasteiger charge is 2.20. The van der Waals surface area contributed by atoms with Crippen LogP contribution in [0.15, 0.2) is 53.4 Å². The predicted octanol–water partition coefficient (Wildman–Crippen LogP) is 2.72. The van der Waals surface area contributed by atoms with Gasteiger partial charge in [0.15, 0.2) is 6.61 Å². The van der Waals surface area contributed by atoms with E-state index in [9.17, 15) is 22.8 Å². The van der Waals surface area contributed by atoms with Crippen LogP contribution in [0.1, 0.15) is 41.6 Å². The molecule has 0 saturated heterocycles. The Morgan fingerprint density at radius 2 is 1.75 bits per heavy atom. The smallest absolute Gasteiger partial charge is 0.338 e. The second-order valence-electron chi connectivity index (χ2n) is 7.58. The summed E-state index contributed by atoms with van der Waals surface area (Å²) in [6.45, 7) is 1.17. The van der Waals surface area contributed by atoms with Gasteiger partial charge in [-0.15, -0.1) is 0 Å². The van der Waals surface area contributed by atoms with Gasteiger partial charge in [0.05, 0.1) is 10.5 Å². The van der Waals surface area contributed by atoms with Gasteiger partial charge < -0.3 is 10.1 Å². The Hall–Kier alpha value is -3.40. The van der Waals surface area contributed by atoms with E-state index in [-0.39, 0.29) is 16.5 Å². The maximum atomic E-state index is 12.6. The second kappa shape index (κ2) is 10.3. The van der Waals surface area contributed by atoms with Gasteiger partial charge in [-0.1, -0.05) is 31.0 Å². The normalized spacial score (nSPS) is 13.9. The molecule has 9 nitrogen and oxygen atoms in total. The number of benzene rings is 2. The van der Waals surface area contributed by atoms with E-state index in [1.54, 1.807) is 18.2 Å². The third-order valence-electron chi connectivity index (χ3n) is 4.93. The Bertz CT molecular complexity index is 1110. The van der Waals surface area contributed by atoms with Gasteiger partial charge >= 0.3 is 12.0 Å². The van der Waals surface area contributed by atoms with Gasteiger partial charge in [0.1, 0.15) is 0 Å². The van der Waals surface area contributed by atoms with E-state index in [2.05, 4.69) is 15.4 Å². The van der Waals surface area contributed by atoms with E-state index >= 15 is 0 Å². The van der Waals surface area contributed by atoms with Gasteiger partial charge in [0.25, 0.3) is 15.9 Å². The number of carbonyl (C=O) groups is 3. The van der Waals surface area contributed by atoms with Gasteiger partial charge in [-0.3, -0.25) is 14.8 Å². The highest BCUT2D eigenvalue weighted by molar-refractivity contribution is 7.92. The first-order valence-electron chi connectivity index (χ1n) is 10.2. The van der Waals surface area contributed by atoms with Crippen molar-refractivity contribution in [2.45, 2.75) is 43.5 Å². The molecule has 0 unspecified atom stereocenters. The van der Waals surface area contributed by atoms with Crippen LogP contribution in [0, 0.1) is 6.92 Å². The number of amides is 3. The van der Waals surface area contributed by atoms with Crippen molar-refractivity contribution in [2.24, 2.45) is 0 Å². The molecule has 2 aromatic carbocycles. The maximum Gasteiger partial charge on any atom is 0.338 e. The number of nitrogens with one attached hydrogen (secondary N) is 3. The number of aryl methyl sites for hydroxylation is 1. The minimum atomic E-state index is -3.93. The molecule has 0 aliphatic heterocycles. The fourth-order valence-corrected chi connectivity index (χ4v) is 4.48. The van der Waals surface area contributed by atoms with Gasteiger partial charge in [-0.25, -0.2) is 18.0 Å². The lowest BCUT2D eigenvalue weighted by Gasteiger charge is -2.12. The average molecular weight is 460 g/mol. The molecule has 1 fully saturated rings. The second-order valence-corrected chi connectivity index (χ2v) is 9.26. The van der Waals surface area contributed by atoms with Gasteiger partial charge in [0.2, 0.25) is 0 Å². The molecule has 1 aliphatic carbocycles. The lowest BCUT2D eigenvalue weighted by molar-refractivity contribution is -0.123. The summed E-state index contributed by atoms with van der Waals surface area (Å²) in [6, 6.07) is 11.5. The van der Waals surface area contributed by atoms with Crippen molar-refractivity contribution in [2.75, 3.05) is 11.3 Å². The van der Waals surface area contributed by atoms with Crippen LogP contribution in [0.3, 0.4) is 0 Å². The lowest BCUT2D eigenvalue weighted by atomic mass is 10.2. The van der Waals surface area contributed by atoms with Gasteiger partial charge in [-0.05, 0) is 55.7 Å². The molecule has 3 rings (SSSR count). The van der Waals surface area contributed by atoms with E-state index in [0.717, 1.165) is 37.3 Å².